The summed E-state index contributed by atoms with van der Waals surface area (Å²) in [6, 6.07) is 7.51. The molecule has 3 N–H and O–H groups in total. The molecule has 0 spiro atoms. The molecule has 34 heavy (non-hydrogen) atoms. The van der Waals surface area contributed by atoms with Crippen molar-refractivity contribution in [3.8, 4) is 11.5 Å². The standard InChI is InChI=1S/C23H31N5O5.ClH/c1-5-12-32-18-8-6-7-9-19(18)33-14-17(29)13-24-16(2)10-11-28-15-25-21-20(28)22(30)27(4)23(31)26(21)3;/h5-9,15-17,24,29H,1,10-14H2,2-4H3;1H. The number of quaternary nitrogens is 1. The number of nitrogens with zero attached hydrogens (tertiary/aromatic N) is 4. The van der Waals surface area contributed by atoms with Crippen LogP contribution in [0.4, 0.5) is 0 Å². The molecule has 186 valence electrons. The lowest BCUT2D eigenvalue weighted by atomic mass is 10.2. The molecule has 2 aromatic heterocycles. The van der Waals surface area contributed by atoms with Crippen molar-refractivity contribution in [2.45, 2.75) is 32.0 Å². The van der Waals surface area contributed by atoms with E-state index < -0.39 is 11.8 Å². The highest BCUT2D eigenvalue weighted by Crippen LogP contribution is 2.26. The Hall–Kier alpha value is -3.08. The predicted molar refractivity (Wildman–Crippen MR) is 125 cm³/mol. The third kappa shape index (κ3) is 6.28. The smallest absolute Gasteiger partial charge is 0.332 e. The van der Waals surface area contributed by atoms with Crippen molar-refractivity contribution in [1.82, 2.24) is 18.7 Å². The fraction of sp³-hybridized carbons (Fsp3) is 0.435. The molecule has 0 aliphatic carbocycles. The molecule has 3 aromatic rings. The quantitative estimate of drug-likeness (QED) is 0.256. The summed E-state index contributed by atoms with van der Waals surface area (Å²) in [6.07, 6.45) is 3.35. The highest BCUT2D eigenvalue weighted by atomic mass is 35.5. The molecule has 0 aliphatic heterocycles. The maximum absolute atomic E-state index is 12.5. The number of hydrogen-bond acceptors (Lipinski definition) is 6. The van der Waals surface area contributed by atoms with E-state index >= 15 is 0 Å². The molecule has 11 heteroatoms. The lowest BCUT2D eigenvalue weighted by Crippen LogP contribution is -3.00. The number of aliphatic hydroxyl groups is 1. The Morgan fingerprint density at radius 1 is 1.18 bits per heavy atom. The van der Waals surface area contributed by atoms with E-state index in [0.717, 1.165) is 11.0 Å². The minimum absolute atomic E-state index is 0. The van der Waals surface area contributed by atoms with Gasteiger partial charge in [0.25, 0.3) is 5.56 Å². The van der Waals surface area contributed by atoms with Crippen LogP contribution in [0.3, 0.4) is 0 Å². The van der Waals surface area contributed by atoms with Gasteiger partial charge in [-0.1, -0.05) is 24.8 Å². The molecule has 0 saturated carbocycles. The van der Waals surface area contributed by atoms with Gasteiger partial charge in [-0.15, -0.1) is 0 Å². The van der Waals surface area contributed by atoms with Crippen LogP contribution in [-0.4, -0.2) is 55.7 Å². The number of aliphatic hydroxyl groups excluding tert-OH is 1. The van der Waals surface area contributed by atoms with Crippen LogP contribution in [0.5, 0.6) is 11.5 Å². The molecule has 0 aliphatic rings. The van der Waals surface area contributed by atoms with Crippen LogP contribution in [0.2, 0.25) is 0 Å². The number of benzene rings is 1. The monoisotopic (exact) mass is 493 g/mol. The average molecular weight is 494 g/mol. The molecule has 2 unspecified atom stereocenters. The zero-order valence-corrected chi connectivity index (χ0v) is 20.4. The fourth-order valence-electron chi connectivity index (χ4n) is 3.51. The second-order valence-electron chi connectivity index (χ2n) is 8.06. The average Bonchev–Trinajstić information content (AvgIpc) is 3.25. The van der Waals surface area contributed by atoms with E-state index in [1.54, 1.807) is 30.1 Å². The molecule has 0 bridgehead atoms. The van der Waals surface area contributed by atoms with Gasteiger partial charge in [-0.2, -0.15) is 0 Å². The van der Waals surface area contributed by atoms with Crippen LogP contribution in [0.1, 0.15) is 13.3 Å². The maximum atomic E-state index is 12.5. The number of imidazole rings is 1. The van der Waals surface area contributed by atoms with Crippen molar-refractivity contribution >= 4 is 11.2 Å². The first-order chi connectivity index (χ1) is 15.8. The van der Waals surface area contributed by atoms with Gasteiger partial charge in [0, 0.05) is 27.1 Å². The van der Waals surface area contributed by atoms with Crippen molar-refractivity contribution in [2.75, 3.05) is 19.8 Å². The number of hydrogen-bond donors (Lipinski definition) is 2. The SMILES string of the molecule is C=CCOc1ccccc1OCC(O)C[NH2+]C(C)CCn1cnc2c1c(=O)n(C)c(=O)n2C.[Cl-]. The Morgan fingerprint density at radius 3 is 2.53 bits per heavy atom. The second-order valence-corrected chi connectivity index (χ2v) is 8.06. The number of nitrogens with two attached hydrogens (primary N) is 1. The molecule has 2 heterocycles. The maximum Gasteiger partial charge on any atom is 0.332 e. The Labute approximate surface area is 203 Å². The first-order valence-electron chi connectivity index (χ1n) is 10.9. The highest BCUT2D eigenvalue weighted by Gasteiger charge is 2.16. The van der Waals surface area contributed by atoms with Gasteiger partial charge in [-0.25, -0.2) is 9.78 Å². The predicted octanol–water partition coefficient (Wildman–Crippen LogP) is -3.22. The highest BCUT2D eigenvalue weighted by molar-refractivity contribution is 5.69. The largest absolute Gasteiger partial charge is 1.00 e. The summed E-state index contributed by atoms with van der Waals surface area (Å²) in [5.74, 6) is 1.19. The molecule has 0 amide bonds. The molecule has 0 saturated heterocycles. The summed E-state index contributed by atoms with van der Waals surface area (Å²) in [5, 5.41) is 12.4. The van der Waals surface area contributed by atoms with Crippen molar-refractivity contribution in [2.24, 2.45) is 14.1 Å². The van der Waals surface area contributed by atoms with Crippen LogP contribution in [0, 0.1) is 0 Å². The summed E-state index contributed by atoms with van der Waals surface area (Å²) in [7, 11) is 3.07. The van der Waals surface area contributed by atoms with Crippen LogP contribution < -0.4 is 38.4 Å². The summed E-state index contributed by atoms with van der Waals surface area (Å²) in [6.45, 7) is 7.26. The second kappa shape index (κ2) is 12.4. The van der Waals surface area contributed by atoms with Crippen molar-refractivity contribution in [1.29, 1.82) is 0 Å². The number of halogens is 1. The fourth-order valence-corrected chi connectivity index (χ4v) is 3.51. The molecular weight excluding hydrogens is 462 g/mol. The van der Waals surface area contributed by atoms with Gasteiger partial charge in [0.2, 0.25) is 0 Å². The summed E-state index contributed by atoms with van der Waals surface area (Å²) in [5.41, 5.74) is 0.0416. The lowest BCUT2D eigenvalue weighted by Gasteiger charge is -2.16. The summed E-state index contributed by atoms with van der Waals surface area (Å²) < 4.78 is 15.5. The van der Waals surface area contributed by atoms with Crippen LogP contribution in [0.15, 0.2) is 52.8 Å². The molecule has 3 rings (SSSR count). The summed E-state index contributed by atoms with van der Waals surface area (Å²) >= 11 is 0. The minimum atomic E-state index is -0.657. The minimum Gasteiger partial charge on any atom is -1.00 e. The number of fused-ring (bicyclic) bond motifs is 1. The Bertz CT molecular complexity index is 1220. The zero-order chi connectivity index (χ0) is 24.0. The van der Waals surface area contributed by atoms with Gasteiger partial charge >= 0.3 is 5.69 Å². The van der Waals surface area contributed by atoms with E-state index in [9.17, 15) is 14.7 Å². The van der Waals surface area contributed by atoms with Crippen LogP contribution in [-0.2, 0) is 20.6 Å². The Morgan fingerprint density at radius 2 is 1.85 bits per heavy atom. The van der Waals surface area contributed by atoms with Gasteiger partial charge in [0.15, 0.2) is 22.7 Å². The number of para-hydroxylation sites is 2. The molecule has 2 atom stereocenters. The molecule has 0 radical (unpaired) electrons. The van der Waals surface area contributed by atoms with Crippen molar-refractivity contribution < 1.29 is 32.3 Å². The lowest BCUT2D eigenvalue weighted by molar-refractivity contribution is -0.692. The first kappa shape index (κ1) is 27.2. The Balaban J connectivity index is 0.00000408. The molecule has 0 fully saturated rings. The normalized spacial score (nSPS) is 12.7. The number of ether oxygens (including phenoxy) is 2. The summed E-state index contributed by atoms with van der Waals surface area (Å²) in [4.78, 5) is 28.8. The van der Waals surface area contributed by atoms with Gasteiger partial charge < -0.3 is 36.9 Å². The number of aromatic nitrogens is 4. The van der Waals surface area contributed by atoms with Crippen molar-refractivity contribution in [3.05, 3.63) is 64.1 Å². The van der Waals surface area contributed by atoms with E-state index in [2.05, 4.69) is 18.5 Å². The number of aryl methyl sites for hydroxylation is 2. The third-order valence-corrected chi connectivity index (χ3v) is 5.49. The zero-order valence-electron chi connectivity index (χ0n) is 19.7. The van der Waals surface area contributed by atoms with E-state index in [-0.39, 0.29) is 30.6 Å². The van der Waals surface area contributed by atoms with Gasteiger partial charge in [-0.05, 0) is 19.1 Å². The van der Waals surface area contributed by atoms with Crippen LogP contribution >= 0.6 is 0 Å². The Kier molecular flexibility index (Phi) is 9.91. The van der Waals surface area contributed by atoms with E-state index in [0.29, 0.717) is 42.4 Å². The number of rotatable bonds is 12. The van der Waals surface area contributed by atoms with E-state index in [4.69, 9.17) is 9.47 Å². The van der Waals surface area contributed by atoms with Crippen LogP contribution in [0.25, 0.3) is 11.2 Å². The third-order valence-electron chi connectivity index (χ3n) is 5.49. The molecule has 10 nitrogen and oxygen atoms in total. The van der Waals surface area contributed by atoms with E-state index in [1.165, 1.54) is 11.6 Å². The molecule has 1 aromatic carbocycles. The van der Waals surface area contributed by atoms with Gasteiger partial charge in [-0.3, -0.25) is 13.9 Å². The van der Waals surface area contributed by atoms with Gasteiger partial charge in [0.05, 0.1) is 12.4 Å². The van der Waals surface area contributed by atoms with Gasteiger partial charge in [0.1, 0.15) is 25.9 Å². The van der Waals surface area contributed by atoms with E-state index in [1.807, 2.05) is 23.5 Å². The van der Waals surface area contributed by atoms with Crippen molar-refractivity contribution in [3.63, 3.8) is 0 Å². The molecular formula is C23H32ClN5O5. The topological polar surface area (TPSA) is 117 Å². The first-order valence-corrected chi connectivity index (χ1v) is 10.9.